The Hall–Kier alpha value is -1.66. The Bertz CT molecular complexity index is 508. The first kappa shape index (κ1) is 13.8. The molecule has 5 nitrogen and oxygen atoms in total. The van der Waals surface area contributed by atoms with Crippen molar-refractivity contribution in [2.45, 2.75) is 13.3 Å². The van der Waals surface area contributed by atoms with E-state index in [-0.39, 0.29) is 6.03 Å². The van der Waals surface area contributed by atoms with Crippen molar-refractivity contribution < 1.29 is 9.53 Å². The van der Waals surface area contributed by atoms with Crippen molar-refractivity contribution in [2.75, 3.05) is 25.1 Å². The lowest BCUT2D eigenvalue weighted by atomic mass is 10.3. The second-order valence-electron chi connectivity index (χ2n) is 3.92. The van der Waals surface area contributed by atoms with Gasteiger partial charge in [0.1, 0.15) is 0 Å². The standard InChI is InChI=1S/C13H17N3O2S/c1-2-18-9-5-8-14-12(17)16-13-15-10-6-3-4-7-11(10)19-13/h3-4,6-7H,2,5,8-9H2,1H3,(H2,14,15,16,17). The summed E-state index contributed by atoms with van der Waals surface area (Å²) in [6.07, 6.45) is 0.807. The summed E-state index contributed by atoms with van der Waals surface area (Å²) in [6, 6.07) is 7.57. The molecule has 6 heteroatoms. The van der Waals surface area contributed by atoms with Gasteiger partial charge in [-0.15, -0.1) is 0 Å². The topological polar surface area (TPSA) is 63.2 Å². The lowest BCUT2D eigenvalue weighted by molar-refractivity contribution is 0.145. The first-order valence-corrected chi connectivity index (χ1v) is 7.09. The van der Waals surface area contributed by atoms with Gasteiger partial charge in [0.2, 0.25) is 0 Å². The highest BCUT2D eigenvalue weighted by Crippen LogP contribution is 2.25. The van der Waals surface area contributed by atoms with Crippen LogP contribution in [0.5, 0.6) is 0 Å². The van der Waals surface area contributed by atoms with Crippen LogP contribution in [0.3, 0.4) is 0 Å². The molecule has 0 unspecified atom stereocenters. The minimum atomic E-state index is -0.226. The van der Waals surface area contributed by atoms with E-state index in [2.05, 4.69) is 15.6 Å². The number of anilines is 1. The fourth-order valence-electron chi connectivity index (χ4n) is 1.59. The molecule has 2 rings (SSSR count). The second-order valence-corrected chi connectivity index (χ2v) is 4.95. The van der Waals surface area contributed by atoms with E-state index >= 15 is 0 Å². The number of ether oxygens (including phenoxy) is 1. The number of rotatable bonds is 6. The van der Waals surface area contributed by atoms with Crippen molar-refractivity contribution in [3.63, 3.8) is 0 Å². The van der Waals surface area contributed by atoms with Crippen LogP contribution in [0.25, 0.3) is 10.2 Å². The van der Waals surface area contributed by atoms with Crippen molar-refractivity contribution in [1.29, 1.82) is 0 Å². The first-order valence-electron chi connectivity index (χ1n) is 6.27. The Kier molecular flexibility index (Phi) is 5.11. The molecule has 0 saturated heterocycles. The van der Waals surface area contributed by atoms with Crippen LogP contribution in [0.15, 0.2) is 24.3 Å². The monoisotopic (exact) mass is 279 g/mol. The Morgan fingerprint density at radius 3 is 3.05 bits per heavy atom. The van der Waals surface area contributed by atoms with Crippen molar-refractivity contribution in [3.05, 3.63) is 24.3 Å². The van der Waals surface area contributed by atoms with Gasteiger partial charge < -0.3 is 10.1 Å². The van der Waals surface area contributed by atoms with Crippen LogP contribution >= 0.6 is 11.3 Å². The van der Waals surface area contributed by atoms with Gasteiger partial charge in [-0.3, -0.25) is 5.32 Å². The molecule has 1 aromatic heterocycles. The molecule has 0 aliphatic rings. The van der Waals surface area contributed by atoms with E-state index in [4.69, 9.17) is 4.74 Å². The Morgan fingerprint density at radius 2 is 2.26 bits per heavy atom. The fraction of sp³-hybridized carbons (Fsp3) is 0.385. The molecule has 2 aromatic rings. The van der Waals surface area contributed by atoms with E-state index in [1.54, 1.807) is 0 Å². The number of thiazole rings is 1. The van der Waals surface area contributed by atoms with E-state index in [9.17, 15) is 4.79 Å². The van der Waals surface area contributed by atoms with Gasteiger partial charge in [-0.05, 0) is 25.5 Å². The summed E-state index contributed by atoms with van der Waals surface area (Å²) in [5.74, 6) is 0. The van der Waals surface area contributed by atoms with Crippen LogP contribution in [0.4, 0.5) is 9.93 Å². The molecule has 0 aliphatic carbocycles. The molecule has 0 saturated carbocycles. The molecule has 0 radical (unpaired) electrons. The SMILES string of the molecule is CCOCCCNC(=O)Nc1nc2ccccc2s1. The van der Waals surface area contributed by atoms with Crippen molar-refractivity contribution in [2.24, 2.45) is 0 Å². The van der Waals surface area contributed by atoms with Gasteiger partial charge >= 0.3 is 6.03 Å². The van der Waals surface area contributed by atoms with Crippen LogP contribution in [-0.4, -0.2) is 30.8 Å². The van der Waals surface area contributed by atoms with Gasteiger partial charge in [-0.25, -0.2) is 9.78 Å². The molecule has 0 fully saturated rings. The highest BCUT2D eigenvalue weighted by atomic mass is 32.1. The normalized spacial score (nSPS) is 10.6. The summed E-state index contributed by atoms with van der Waals surface area (Å²) >= 11 is 1.47. The van der Waals surface area contributed by atoms with Gasteiger partial charge in [0.15, 0.2) is 5.13 Å². The zero-order valence-corrected chi connectivity index (χ0v) is 11.6. The summed E-state index contributed by atoms with van der Waals surface area (Å²) in [4.78, 5) is 16.0. The van der Waals surface area contributed by atoms with Crippen LogP contribution in [-0.2, 0) is 4.74 Å². The summed E-state index contributed by atoms with van der Waals surface area (Å²) < 4.78 is 6.26. The van der Waals surface area contributed by atoms with Crippen LogP contribution < -0.4 is 10.6 Å². The average molecular weight is 279 g/mol. The Labute approximate surface area is 116 Å². The van der Waals surface area contributed by atoms with Gasteiger partial charge in [0.05, 0.1) is 10.2 Å². The number of aromatic nitrogens is 1. The predicted molar refractivity (Wildman–Crippen MR) is 77.8 cm³/mol. The average Bonchev–Trinajstić information content (AvgIpc) is 2.80. The Balaban J connectivity index is 1.78. The second kappa shape index (κ2) is 7.06. The van der Waals surface area contributed by atoms with E-state index in [0.717, 1.165) is 16.6 Å². The summed E-state index contributed by atoms with van der Waals surface area (Å²) in [6.45, 7) is 3.92. The number of carbonyl (C=O) groups is 1. The largest absolute Gasteiger partial charge is 0.382 e. The van der Waals surface area contributed by atoms with E-state index < -0.39 is 0 Å². The summed E-state index contributed by atoms with van der Waals surface area (Å²) in [7, 11) is 0. The molecular weight excluding hydrogens is 262 g/mol. The smallest absolute Gasteiger partial charge is 0.321 e. The highest BCUT2D eigenvalue weighted by Gasteiger charge is 2.06. The van der Waals surface area contributed by atoms with E-state index in [1.807, 2.05) is 31.2 Å². The lowest BCUT2D eigenvalue weighted by Crippen LogP contribution is -2.30. The van der Waals surface area contributed by atoms with E-state index in [0.29, 0.717) is 24.9 Å². The van der Waals surface area contributed by atoms with Crippen molar-refractivity contribution in [3.8, 4) is 0 Å². The number of nitrogens with one attached hydrogen (secondary N) is 2. The third kappa shape index (κ3) is 4.18. The number of urea groups is 1. The fourth-order valence-corrected chi connectivity index (χ4v) is 2.45. The molecule has 19 heavy (non-hydrogen) atoms. The molecule has 102 valence electrons. The van der Waals surface area contributed by atoms with Gasteiger partial charge in [-0.2, -0.15) is 0 Å². The lowest BCUT2D eigenvalue weighted by Gasteiger charge is -2.05. The number of benzene rings is 1. The molecule has 0 aliphatic heterocycles. The molecule has 1 aromatic carbocycles. The number of hydrogen-bond donors (Lipinski definition) is 2. The number of para-hydroxylation sites is 1. The maximum absolute atomic E-state index is 11.6. The van der Waals surface area contributed by atoms with Gasteiger partial charge in [0.25, 0.3) is 0 Å². The third-order valence-electron chi connectivity index (χ3n) is 2.47. The van der Waals surface area contributed by atoms with Crippen LogP contribution in [0, 0.1) is 0 Å². The minimum absolute atomic E-state index is 0.226. The molecule has 2 amide bonds. The zero-order valence-electron chi connectivity index (χ0n) is 10.8. The molecule has 1 heterocycles. The molecular formula is C13H17N3O2S. The van der Waals surface area contributed by atoms with Gasteiger partial charge in [0, 0.05) is 19.8 Å². The zero-order chi connectivity index (χ0) is 13.5. The quantitative estimate of drug-likeness (QED) is 0.799. The van der Waals surface area contributed by atoms with Gasteiger partial charge in [-0.1, -0.05) is 23.5 Å². The van der Waals surface area contributed by atoms with Crippen molar-refractivity contribution in [1.82, 2.24) is 10.3 Å². The van der Waals surface area contributed by atoms with Crippen LogP contribution in [0.1, 0.15) is 13.3 Å². The number of fused-ring (bicyclic) bond motifs is 1. The number of nitrogens with zero attached hydrogens (tertiary/aromatic N) is 1. The maximum Gasteiger partial charge on any atom is 0.321 e. The minimum Gasteiger partial charge on any atom is -0.382 e. The summed E-state index contributed by atoms with van der Waals surface area (Å²) in [5.41, 5.74) is 0.902. The molecule has 0 atom stereocenters. The van der Waals surface area contributed by atoms with Crippen LogP contribution in [0.2, 0.25) is 0 Å². The number of carbonyl (C=O) groups excluding carboxylic acids is 1. The predicted octanol–water partition coefficient (Wildman–Crippen LogP) is 2.84. The van der Waals surface area contributed by atoms with Crippen molar-refractivity contribution >= 4 is 32.7 Å². The third-order valence-corrected chi connectivity index (χ3v) is 3.42. The molecule has 0 spiro atoms. The highest BCUT2D eigenvalue weighted by molar-refractivity contribution is 7.22. The molecule has 0 bridgehead atoms. The maximum atomic E-state index is 11.6. The first-order chi connectivity index (χ1) is 9.29. The molecule has 2 N–H and O–H groups in total. The number of amides is 2. The summed E-state index contributed by atoms with van der Waals surface area (Å²) in [5, 5.41) is 6.12. The Morgan fingerprint density at radius 1 is 1.42 bits per heavy atom. The number of hydrogen-bond acceptors (Lipinski definition) is 4. The van der Waals surface area contributed by atoms with E-state index in [1.165, 1.54) is 11.3 Å².